The average molecular weight is 438 g/mol. The number of anilines is 1. The van der Waals surface area contributed by atoms with Gasteiger partial charge in [0.2, 0.25) is 5.91 Å². The number of aromatic nitrogens is 7. The van der Waals surface area contributed by atoms with Gasteiger partial charge in [0.05, 0.1) is 12.3 Å². The predicted molar refractivity (Wildman–Crippen MR) is 114 cm³/mol. The Morgan fingerprint density at radius 3 is 2.61 bits per heavy atom. The summed E-state index contributed by atoms with van der Waals surface area (Å²) in [5.74, 6) is 0.594. The zero-order chi connectivity index (χ0) is 21.8. The summed E-state index contributed by atoms with van der Waals surface area (Å²) in [5.41, 5.74) is 1.72. The number of thioether (sulfide) groups is 1. The second-order valence-corrected chi connectivity index (χ2v) is 7.68. The number of carbonyl (C=O) groups excluding carboxylic acids is 1. The van der Waals surface area contributed by atoms with Crippen LogP contribution in [0.3, 0.4) is 0 Å². The maximum Gasteiger partial charge on any atom is 0.234 e. The number of nitrogens with one attached hydrogen (secondary N) is 1. The van der Waals surface area contributed by atoms with E-state index in [9.17, 15) is 9.18 Å². The molecule has 31 heavy (non-hydrogen) atoms. The number of hydrogen-bond donors (Lipinski definition) is 1. The van der Waals surface area contributed by atoms with Crippen molar-refractivity contribution < 1.29 is 9.18 Å². The molecule has 2 aromatic heterocycles. The number of nitrogens with zero attached hydrogens (tertiary/aromatic N) is 7. The van der Waals surface area contributed by atoms with Crippen molar-refractivity contribution in [1.29, 1.82) is 0 Å². The molecule has 0 aliphatic carbocycles. The van der Waals surface area contributed by atoms with Gasteiger partial charge in [-0.3, -0.25) is 4.79 Å². The third-order valence-electron chi connectivity index (χ3n) is 4.50. The maximum atomic E-state index is 14.2. The summed E-state index contributed by atoms with van der Waals surface area (Å²) >= 11 is 1.29. The van der Waals surface area contributed by atoms with E-state index in [-0.39, 0.29) is 17.3 Å². The summed E-state index contributed by atoms with van der Waals surface area (Å²) in [7, 11) is 0. The first kappa shape index (κ1) is 20.7. The van der Waals surface area contributed by atoms with E-state index < -0.39 is 5.82 Å². The number of carbonyl (C=O) groups is 1. The molecule has 0 unspecified atom stereocenters. The number of halogens is 1. The fraction of sp³-hybridized carbons (Fsp3) is 0.200. The lowest BCUT2D eigenvalue weighted by atomic mass is 10.2. The Hall–Kier alpha value is -3.60. The molecule has 1 N–H and O–H groups in total. The van der Waals surface area contributed by atoms with E-state index in [1.165, 1.54) is 34.6 Å². The molecule has 4 rings (SSSR count). The molecule has 0 aliphatic heterocycles. The van der Waals surface area contributed by atoms with E-state index in [0.717, 1.165) is 11.4 Å². The van der Waals surface area contributed by atoms with Crippen LogP contribution in [-0.2, 0) is 11.3 Å². The summed E-state index contributed by atoms with van der Waals surface area (Å²) in [6, 6.07) is 14.2. The molecule has 0 aliphatic rings. The second kappa shape index (κ2) is 9.04. The third kappa shape index (κ3) is 4.77. The molecule has 2 heterocycles. The lowest BCUT2D eigenvalue weighted by Crippen LogP contribution is -2.15. The number of tetrazole rings is 1. The summed E-state index contributed by atoms with van der Waals surface area (Å²) in [6.45, 7) is 4.16. The molecular weight excluding hydrogens is 419 g/mol. The van der Waals surface area contributed by atoms with Crippen LogP contribution in [0.2, 0.25) is 0 Å². The van der Waals surface area contributed by atoms with Crippen LogP contribution in [-0.4, -0.2) is 46.6 Å². The van der Waals surface area contributed by atoms with E-state index in [2.05, 4.69) is 31.0 Å². The molecule has 4 aromatic rings. The van der Waals surface area contributed by atoms with Crippen LogP contribution in [0.15, 0.2) is 53.7 Å². The van der Waals surface area contributed by atoms with Gasteiger partial charge in [0, 0.05) is 5.69 Å². The van der Waals surface area contributed by atoms with Crippen molar-refractivity contribution in [2.45, 2.75) is 25.5 Å². The molecule has 11 heteroatoms. The summed E-state index contributed by atoms with van der Waals surface area (Å²) in [4.78, 5) is 12.5. The standard InChI is InChI=1S/C20H19FN8OS/c1-13-23-25-20(28(13)11-15-6-4-3-5-7-15)31-12-19(30)22-16-8-9-17(21)18(10-16)29-14(2)24-26-27-29/h3-10H,11-12H2,1-2H3,(H,22,30). The lowest BCUT2D eigenvalue weighted by Gasteiger charge is -2.10. The highest BCUT2D eigenvalue weighted by molar-refractivity contribution is 7.99. The topological polar surface area (TPSA) is 103 Å². The number of aryl methyl sites for hydroxylation is 2. The number of hydrogen-bond acceptors (Lipinski definition) is 7. The average Bonchev–Trinajstić information content (AvgIpc) is 3.34. The molecule has 1 amide bonds. The summed E-state index contributed by atoms with van der Waals surface area (Å²) in [6.07, 6.45) is 0. The molecule has 2 aromatic carbocycles. The van der Waals surface area contributed by atoms with Crippen LogP contribution in [0.4, 0.5) is 10.1 Å². The number of benzene rings is 2. The van der Waals surface area contributed by atoms with Crippen molar-refractivity contribution in [3.8, 4) is 5.69 Å². The minimum Gasteiger partial charge on any atom is -0.325 e. The smallest absolute Gasteiger partial charge is 0.234 e. The molecular formula is C20H19FN8OS. The van der Waals surface area contributed by atoms with Crippen molar-refractivity contribution in [1.82, 2.24) is 35.0 Å². The molecule has 0 saturated carbocycles. The van der Waals surface area contributed by atoms with Gasteiger partial charge in [0.1, 0.15) is 17.3 Å². The lowest BCUT2D eigenvalue weighted by molar-refractivity contribution is -0.113. The van der Waals surface area contributed by atoms with E-state index in [1.807, 2.05) is 41.8 Å². The molecule has 158 valence electrons. The summed E-state index contributed by atoms with van der Waals surface area (Å²) in [5, 5.41) is 22.8. The Balaban J connectivity index is 1.42. The monoisotopic (exact) mass is 438 g/mol. The maximum absolute atomic E-state index is 14.2. The van der Waals surface area contributed by atoms with Crippen LogP contribution < -0.4 is 5.32 Å². The fourth-order valence-corrected chi connectivity index (χ4v) is 3.73. The summed E-state index contributed by atoms with van der Waals surface area (Å²) < 4.78 is 17.4. The molecule has 0 atom stereocenters. The second-order valence-electron chi connectivity index (χ2n) is 6.74. The molecule has 0 saturated heterocycles. The van der Waals surface area contributed by atoms with Crippen molar-refractivity contribution in [2.24, 2.45) is 0 Å². The zero-order valence-corrected chi connectivity index (χ0v) is 17.7. The van der Waals surface area contributed by atoms with Gasteiger partial charge in [-0.2, -0.15) is 4.68 Å². The minimum absolute atomic E-state index is 0.129. The van der Waals surface area contributed by atoms with Crippen molar-refractivity contribution in [3.05, 3.63) is 71.6 Å². The molecule has 0 fully saturated rings. The van der Waals surface area contributed by atoms with Gasteiger partial charge in [-0.15, -0.1) is 15.3 Å². The van der Waals surface area contributed by atoms with Crippen LogP contribution >= 0.6 is 11.8 Å². The highest BCUT2D eigenvalue weighted by atomic mass is 32.2. The van der Waals surface area contributed by atoms with E-state index in [0.29, 0.717) is 23.2 Å². The van der Waals surface area contributed by atoms with Gasteiger partial charge in [-0.25, -0.2) is 4.39 Å². The Bertz CT molecular complexity index is 1210. The van der Waals surface area contributed by atoms with E-state index in [4.69, 9.17) is 0 Å². The fourth-order valence-electron chi connectivity index (χ4n) is 2.95. The van der Waals surface area contributed by atoms with Gasteiger partial charge >= 0.3 is 0 Å². The molecule has 9 nitrogen and oxygen atoms in total. The third-order valence-corrected chi connectivity index (χ3v) is 5.47. The van der Waals surface area contributed by atoms with Gasteiger partial charge in [-0.1, -0.05) is 42.1 Å². The minimum atomic E-state index is -0.493. The van der Waals surface area contributed by atoms with Crippen LogP contribution in [0.5, 0.6) is 0 Å². The van der Waals surface area contributed by atoms with Gasteiger partial charge < -0.3 is 9.88 Å². The highest BCUT2D eigenvalue weighted by Gasteiger charge is 2.14. The van der Waals surface area contributed by atoms with Crippen LogP contribution in [0, 0.1) is 19.7 Å². The first-order chi connectivity index (χ1) is 15.0. The van der Waals surface area contributed by atoms with E-state index in [1.54, 1.807) is 6.92 Å². The highest BCUT2D eigenvalue weighted by Crippen LogP contribution is 2.21. The Morgan fingerprint density at radius 1 is 1.06 bits per heavy atom. The molecule has 0 spiro atoms. The van der Waals surface area contributed by atoms with Gasteiger partial charge in [0.25, 0.3) is 0 Å². The largest absolute Gasteiger partial charge is 0.325 e. The Kier molecular flexibility index (Phi) is 6.03. The van der Waals surface area contributed by atoms with Crippen molar-refractivity contribution >= 4 is 23.4 Å². The predicted octanol–water partition coefficient (Wildman–Crippen LogP) is 2.79. The van der Waals surface area contributed by atoms with Gasteiger partial charge in [0.15, 0.2) is 11.0 Å². The first-order valence-electron chi connectivity index (χ1n) is 9.42. The Morgan fingerprint density at radius 2 is 1.87 bits per heavy atom. The Labute approximate surface area is 181 Å². The SMILES string of the molecule is Cc1nnnn1-c1cc(NC(=O)CSc2nnc(C)n2Cc2ccccc2)ccc1F. The first-order valence-corrected chi connectivity index (χ1v) is 10.4. The van der Waals surface area contributed by atoms with Crippen LogP contribution in [0.1, 0.15) is 17.2 Å². The van der Waals surface area contributed by atoms with Crippen molar-refractivity contribution in [3.63, 3.8) is 0 Å². The van der Waals surface area contributed by atoms with Gasteiger partial charge in [-0.05, 0) is 48.0 Å². The molecule has 0 bridgehead atoms. The number of amides is 1. The van der Waals surface area contributed by atoms with Crippen LogP contribution in [0.25, 0.3) is 5.69 Å². The normalized spacial score (nSPS) is 10.9. The zero-order valence-electron chi connectivity index (χ0n) is 16.9. The van der Waals surface area contributed by atoms with Crippen molar-refractivity contribution in [2.75, 3.05) is 11.1 Å². The quantitative estimate of drug-likeness (QED) is 0.443. The number of rotatable bonds is 7. The van der Waals surface area contributed by atoms with E-state index >= 15 is 0 Å². The molecule has 0 radical (unpaired) electrons.